The molecule has 6 nitrogen and oxygen atoms in total. The van der Waals surface area contributed by atoms with Crippen LogP contribution >= 0.6 is 12.4 Å². The standard InChI is InChI=1S/C23H34N4O2S.ClH/c1-5-13-26-14-15-27(17-21(26)6-2)23-12-9-20(16-24-23)25-30(28,29)22-10-7-19(8-11-22)18(3)4;/h7-12,16,18,21,25H,5-6,13-15,17H2,1-4H3;1H/t21-;/m0./s1. The highest BCUT2D eigenvalue weighted by Gasteiger charge is 2.25. The fourth-order valence-electron chi connectivity index (χ4n) is 3.95. The molecule has 1 N–H and O–H groups in total. The van der Waals surface area contributed by atoms with Crippen molar-refractivity contribution < 1.29 is 8.42 Å². The molecule has 0 radical (unpaired) electrons. The summed E-state index contributed by atoms with van der Waals surface area (Å²) in [5.41, 5.74) is 1.59. The number of anilines is 2. The van der Waals surface area contributed by atoms with Gasteiger partial charge in [0, 0.05) is 25.7 Å². The van der Waals surface area contributed by atoms with Crippen molar-refractivity contribution in [3.8, 4) is 0 Å². The molecule has 172 valence electrons. The number of hydrogen-bond donors (Lipinski definition) is 1. The normalized spacial score (nSPS) is 17.5. The van der Waals surface area contributed by atoms with Crippen LogP contribution in [0.15, 0.2) is 47.5 Å². The molecule has 0 aliphatic carbocycles. The van der Waals surface area contributed by atoms with Crippen molar-refractivity contribution >= 4 is 33.9 Å². The lowest BCUT2D eigenvalue weighted by Crippen LogP contribution is -2.53. The number of nitrogens with zero attached hydrogens (tertiary/aromatic N) is 3. The van der Waals surface area contributed by atoms with E-state index in [1.54, 1.807) is 24.4 Å². The third-order valence-corrected chi connectivity index (χ3v) is 7.17. The molecule has 8 heteroatoms. The first kappa shape index (κ1) is 25.4. The summed E-state index contributed by atoms with van der Waals surface area (Å²) in [6, 6.07) is 11.3. The predicted octanol–water partition coefficient (Wildman–Crippen LogP) is 4.74. The summed E-state index contributed by atoms with van der Waals surface area (Å²) >= 11 is 0. The average molecular weight is 467 g/mol. The number of rotatable bonds is 8. The van der Waals surface area contributed by atoms with Crippen molar-refractivity contribution in [1.29, 1.82) is 0 Å². The van der Waals surface area contributed by atoms with E-state index in [1.807, 2.05) is 18.2 Å². The van der Waals surface area contributed by atoms with Gasteiger partial charge in [-0.2, -0.15) is 0 Å². The highest BCUT2D eigenvalue weighted by Crippen LogP contribution is 2.23. The maximum absolute atomic E-state index is 12.7. The van der Waals surface area contributed by atoms with E-state index in [-0.39, 0.29) is 17.3 Å². The van der Waals surface area contributed by atoms with Crippen LogP contribution in [0.4, 0.5) is 11.5 Å². The highest BCUT2D eigenvalue weighted by molar-refractivity contribution is 7.92. The van der Waals surface area contributed by atoms with E-state index in [1.165, 1.54) is 6.42 Å². The highest BCUT2D eigenvalue weighted by atomic mass is 35.5. The molecule has 0 unspecified atom stereocenters. The molecule has 1 fully saturated rings. The summed E-state index contributed by atoms with van der Waals surface area (Å²) in [6.07, 6.45) is 3.89. The zero-order valence-corrected chi connectivity index (χ0v) is 20.5. The Morgan fingerprint density at radius 3 is 2.35 bits per heavy atom. The van der Waals surface area contributed by atoms with Gasteiger partial charge in [-0.25, -0.2) is 13.4 Å². The second-order valence-electron chi connectivity index (χ2n) is 8.28. The third kappa shape index (κ3) is 6.34. The Hall–Kier alpha value is -1.83. The van der Waals surface area contributed by atoms with Gasteiger partial charge in [0.1, 0.15) is 5.82 Å². The Morgan fingerprint density at radius 1 is 1.10 bits per heavy atom. The summed E-state index contributed by atoms with van der Waals surface area (Å²) in [4.78, 5) is 9.65. The number of nitrogens with one attached hydrogen (secondary N) is 1. The fourth-order valence-corrected chi connectivity index (χ4v) is 4.99. The molecule has 0 bridgehead atoms. The summed E-state index contributed by atoms with van der Waals surface area (Å²) in [5, 5.41) is 0. The summed E-state index contributed by atoms with van der Waals surface area (Å²) in [7, 11) is -3.63. The van der Waals surface area contributed by atoms with Gasteiger partial charge in [0.25, 0.3) is 10.0 Å². The van der Waals surface area contributed by atoms with Gasteiger partial charge in [-0.3, -0.25) is 9.62 Å². The second kappa shape index (κ2) is 11.2. The van der Waals surface area contributed by atoms with Crippen LogP contribution in [0.3, 0.4) is 0 Å². The molecule has 1 saturated heterocycles. The zero-order valence-electron chi connectivity index (χ0n) is 18.9. The Labute approximate surface area is 193 Å². The molecular weight excluding hydrogens is 432 g/mol. The number of sulfonamides is 1. The van der Waals surface area contributed by atoms with E-state index < -0.39 is 10.0 Å². The number of aromatic nitrogens is 1. The van der Waals surface area contributed by atoms with Crippen LogP contribution in [-0.2, 0) is 10.0 Å². The van der Waals surface area contributed by atoms with Crippen molar-refractivity contribution in [1.82, 2.24) is 9.88 Å². The van der Waals surface area contributed by atoms with E-state index in [9.17, 15) is 8.42 Å². The topological polar surface area (TPSA) is 65.5 Å². The molecule has 3 rings (SSSR count). The van der Waals surface area contributed by atoms with Crippen LogP contribution < -0.4 is 9.62 Å². The van der Waals surface area contributed by atoms with Gasteiger partial charge in [-0.05, 0) is 55.1 Å². The van der Waals surface area contributed by atoms with E-state index in [2.05, 4.69) is 47.2 Å². The van der Waals surface area contributed by atoms with Crippen LogP contribution in [-0.4, -0.2) is 50.5 Å². The molecule has 0 amide bonds. The monoisotopic (exact) mass is 466 g/mol. The maximum atomic E-state index is 12.7. The van der Waals surface area contributed by atoms with Gasteiger partial charge < -0.3 is 4.90 Å². The SMILES string of the molecule is CCCN1CCN(c2ccc(NS(=O)(=O)c3ccc(C(C)C)cc3)cn2)C[C@@H]1CC.Cl. The van der Waals surface area contributed by atoms with Crippen LogP contribution in [0.25, 0.3) is 0 Å². The Kier molecular flexibility index (Phi) is 9.15. The molecule has 1 aromatic heterocycles. The molecular formula is C23H35ClN4O2S. The minimum Gasteiger partial charge on any atom is -0.354 e. The van der Waals surface area contributed by atoms with Crippen molar-refractivity contribution in [3.63, 3.8) is 0 Å². The van der Waals surface area contributed by atoms with E-state index in [0.29, 0.717) is 17.6 Å². The first-order valence-corrected chi connectivity index (χ1v) is 12.4. The number of halogens is 1. The Balaban J connectivity index is 0.00000341. The second-order valence-corrected chi connectivity index (χ2v) is 9.96. The molecule has 1 atom stereocenters. The number of hydrogen-bond acceptors (Lipinski definition) is 5. The average Bonchev–Trinajstić information content (AvgIpc) is 2.74. The summed E-state index contributed by atoms with van der Waals surface area (Å²) < 4.78 is 28.0. The van der Waals surface area contributed by atoms with Crippen LogP contribution in [0.1, 0.15) is 52.0 Å². The van der Waals surface area contributed by atoms with Gasteiger partial charge >= 0.3 is 0 Å². The third-order valence-electron chi connectivity index (χ3n) is 5.77. The van der Waals surface area contributed by atoms with Crippen molar-refractivity contribution in [2.24, 2.45) is 0 Å². The molecule has 31 heavy (non-hydrogen) atoms. The minimum atomic E-state index is -3.63. The van der Waals surface area contributed by atoms with Gasteiger partial charge in [0.15, 0.2) is 0 Å². The van der Waals surface area contributed by atoms with Gasteiger partial charge in [0.05, 0.1) is 16.8 Å². The zero-order chi connectivity index (χ0) is 21.7. The van der Waals surface area contributed by atoms with Crippen molar-refractivity contribution in [2.45, 2.75) is 57.4 Å². The smallest absolute Gasteiger partial charge is 0.261 e. The Bertz CT molecular complexity index is 918. The van der Waals surface area contributed by atoms with Crippen molar-refractivity contribution in [3.05, 3.63) is 48.2 Å². The van der Waals surface area contributed by atoms with Crippen molar-refractivity contribution in [2.75, 3.05) is 35.8 Å². The molecule has 0 saturated carbocycles. The molecule has 2 aromatic rings. The number of benzene rings is 1. The predicted molar refractivity (Wildman–Crippen MR) is 131 cm³/mol. The lowest BCUT2D eigenvalue weighted by molar-refractivity contribution is 0.172. The minimum absolute atomic E-state index is 0. The van der Waals surface area contributed by atoms with E-state index >= 15 is 0 Å². The lowest BCUT2D eigenvalue weighted by atomic mass is 10.0. The summed E-state index contributed by atoms with van der Waals surface area (Å²) in [5.74, 6) is 1.26. The molecule has 1 aliphatic rings. The quantitative estimate of drug-likeness (QED) is 0.608. The van der Waals surface area contributed by atoms with Crippen LogP contribution in [0.2, 0.25) is 0 Å². The molecule has 2 heterocycles. The van der Waals surface area contributed by atoms with Crippen LogP contribution in [0.5, 0.6) is 0 Å². The maximum Gasteiger partial charge on any atom is 0.261 e. The fraction of sp³-hybridized carbons (Fsp3) is 0.522. The lowest BCUT2D eigenvalue weighted by Gasteiger charge is -2.41. The van der Waals surface area contributed by atoms with E-state index in [0.717, 1.165) is 44.0 Å². The largest absolute Gasteiger partial charge is 0.354 e. The number of piperazine rings is 1. The van der Waals surface area contributed by atoms with Crippen LogP contribution in [0, 0.1) is 0 Å². The molecule has 1 aromatic carbocycles. The van der Waals surface area contributed by atoms with Gasteiger partial charge in [0.2, 0.25) is 0 Å². The molecule has 0 spiro atoms. The first-order valence-electron chi connectivity index (χ1n) is 10.9. The molecule has 1 aliphatic heterocycles. The summed E-state index contributed by atoms with van der Waals surface area (Å²) in [6.45, 7) is 12.7. The first-order chi connectivity index (χ1) is 14.3. The van der Waals surface area contributed by atoms with Gasteiger partial charge in [-0.1, -0.05) is 39.8 Å². The van der Waals surface area contributed by atoms with Gasteiger partial charge in [-0.15, -0.1) is 12.4 Å². The Morgan fingerprint density at radius 2 is 1.81 bits per heavy atom. The number of pyridine rings is 1. The van der Waals surface area contributed by atoms with E-state index in [4.69, 9.17) is 0 Å².